The summed E-state index contributed by atoms with van der Waals surface area (Å²) < 4.78 is 14.0. The summed E-state index contributed by atoms with van der Waals surface area (Å²) in [6, 6.07) is 13.4. The maximum atomic E-state index is 12.5. The number of hydrogen-bond donors (Lipinski definition) is 0. The predicted octanol–water partition coefficient (Wildman–Crippen LogP) is 3.80. The minimum absolute atomic E-state index is 0.165. The Balaban J connectivity index is 1.95. The van der Waals surface area contributed by atoms with E-state index in [0.29, 0.717) is 11.4 Å². The van der Waals surface area contributed by atoms with Crippen molar-refractivity contribution in [3.05, 3.63) is 52.8 Å². The van der Waals surface area contributed by atoms with Crippen molar-refractivity contribution >= 4 is 27.5 Å². The van der Waals surface area contributed by atoms with Gasteiger partial charge in [-0.15, -0.1) is 0 Å². The van der Waals surface area contributed by atoms with Gasteiger partial charge in [-0.05, 0) is 43.7 Å². The van der Waals surface area contributed by atoms with E-state index >= 15 is 0 Å². The van der Waals surface area contributed by atoms with Crippen LogP contribution in [0.4, 0.5) is 0 Å². The van der Waals surface area contributed by atoms with E-state index in [-0.39, 0.29) is 12.3 Å². The molecule has 1 aromatic heterocycles. The van der Waals surface area contributed by atoms with Crippen molar-refractivity contribution in [3.8, 4) is 11.5 Å². The number of rotatable bonds is 6. The van der Waals surface area contributed by atoms with Gasteiger partial charge in [0.2, 0.25) is 0 Å². The van der Waals surface area contributed by atoms with Crippen LogP contribution < -0.4 is 14.3 Å². The Kier molecular flexibility index (Phi) is 5.73. The third-order valence-electron chi connectivity index (χ3n) is 4.01. The first-order valence-corrected chi connectivity index (χ1v) is 9.43. The number of aromatic nitrogens is 1. The van der Waals surface area contributed by atoms with E-state index in [4.69, 9.17) is 9.47 Å². The first-order valence-electron chi connectivity index (χ1n) is 8.61. The highest BCUT2D eigenvalue weighted by Gasteiger charge is 2.11. The number of amides is 1. The second kappa shape index (κ2) is 8.19. The van der Waals surface area contributed by atoms with Gasteiger partial charge in [0.25, 0.3) is 5.91 Å². The largest absolute Gasteiger partial charge is 0.497 e. The first-order chi connectivity index (χ1) is 12.7. The van der Waals surface area contributed by atoms with Crippen LogP contribution in [0.15, 0.2) is 47.5 Å². The molecule has 5 nitrogen and oxygen atoms in total. The van der Waals surface area contributed by atoms with E-state index < -0.39 is 0 Å². The van der Waals surface area contributed by atoms with Crippen LogP contribution >= 0.6 is 11.3 Å². The molecule has 0 aliphatic heterocycles. The molecular weight excluding hydrogens is 348 g/mol. The van der Waals surface area contributed by atoms with Gasteiger partial charge in [0.05, 0.1) is 24.8 Å². The zero-order valence-corrected chi connectivity index (χ0v) is 16.0. The van der Waals surface area contributed by atoms with Crippen molar-refractivity contribution in [2.75, 3.05) is 13.7 Å². The topological polar surface area (TPSA) is 52.8 Å². The molecule has 6 heteroatoms. The van der Waals surface area contributed by atoms with Gasteiger partial charge < -0.3 is 14.0 Å². The minimum atomic E-state index is -0.165. The van der Waals surface area contributed by atoms with E-state index in [2.05, 4.69) is 4.99 Å². The zero-order chi connectivity index (χ0) is 18.5. The molecule has 0 spiro atoms. The third-order valence-corrected chi connectivity index (χ3v) is 5.06. The lowest BCUT2D eigenvalue weighted by Gasteiger charge is -2.07. The summed E-state index contributed by atoms with van der Waals surface area (Å²) in [4.78, 5) is 17.5. The van der Waals surface area contributed by atoms with Crippen LogP contribution in [0.1, 0.15) is 19.4 Å². The molecule has 0 unspecified atom stereocenters. The Hall–Kier alpha value is -2.60. The lowest BCUT2D eigenvalue weighted by atomic mass is 10.1. The molecule has 0 aliphatic rings. The van der Waals surface area contributed by atoms with Crippen LogP contribution in [0, 0.1) is 0 Å². The maximum Gasteiger partial charge on any atom is 0.252 e. The third kappa shape index (κ3) is 3.80. The van der Waals surface area contributed by atoms with E-state index in [9.17, 15) is 4.79 Å². The van der Waals surface area contributed by atoms with Gasteiger partial charge in [0.15, 0.2) is 4.80 Å². The number of aryl methyl sites for hydroxylation is 1. The van der Waals surface area contributed by atoms with Crippen LogP contribution in [0.25, 0.3) is 10.2 Å². The lowest BCUT2D eigenvalue weighted by Crippen LogP contribution is -2.17. The average Bonchev–Trinajstić information content (AvgIpc) is 3.00. The highest BCUT2D eigenvalue weighted by atomic mass is 32.1. The summed E-state index contributed by atoms with van der Waals surface area (Å²) in [6.07, 6.45) is 0.264. The average molecular weight is 370 g/mol. The predicted molar refractivity (Wildman–Crippen MR) is 104 cm³/mol. The van der Waals surface area contributed by atoms with Gasteiger partial charge in [-0.2, -0.15) is 4.99 Å². The first kappa shape index (κ1) is 18.2. The smallest absolute Gasteiger partial charge is 0.252 e. The quantitative estimate of drug-likeness (QED) is 0.663. The molecule has 0 aliphatic carbocycles. The van der Waals surface area contributed by atoms with Gasteiger partial charge in [-0.1, -0.05) is 29.5 Å². The zero-order valence-electron chi connectivity index (χ0n) is 15.2. The maximum absolute atomic E-state index is 12.5. The van der Waals surface area contributed by atoms with Gasteiger partial charge in [0, 0.05) is 6.54 Å². The van der Waals surface area contributed by atoms with Gasteiger partial charge >= 0.3 is 0 Å². The number of carbonyl (C=O) groups is 1. The Labute approximate surface area is 156 Å². The van der Waals surface area contributed by atoms with Crippen molar-refractivity contribution in [2.45, 2.75) is 26.8 Å². The Morgan fingerprint density at radius 1 is 1.15 bits per heavy atom. The Bertz CT molecular complexity index is 971. The highest BCUT2D eigenvalue weighted by molar-refractivity contribution is 7.16. The summed E-state index contributed by atoms with van der Waals surface area (Å²) in [7, 11) is 1.62. The number of benzene rings is 2. The molecule has 0 atom stereocenters. The molecule has 0 saturated carbocycles. The van der Waals surface area contributed by atoms with Crippen molar-refractivity contribution in [2.24, 2.45) is 4.99 Å². The molecular formula is C20H22N2O3S. The molecule has 3 aromatic rings. The van der Waals surface area contributed by atoms with Crippen LogP contribution in [-0.4, -0.2) is 24.2 Å². The second-order valence-corrected chi connectivity index (χ2v) is 6.70. The summed E-state index contributed by atoms with van der Waals surface area (Å²) in [5, 5.41) is 0. The number of para-hydroxylation sites is 1. The van der Waals surface area contributed by atoms with Crippen LogP contribution in [0.2, 0.25) is 0 Å². The SMILES string of the molecule is CCOc1cccc2sc(=NC(=O)Cc3ccc(OC)cc3)n(CC)c12. The van der Waals surface area contributed by atoms with E-state index in [1.165, 1.54) is 11.3 Å². The van der Waals surface area contributed by atoms with Gasteiger partial charge in [0.1, 0.15) is 17.0 Å². The number of methoxy groups -OCH3 is 1. The number of ether oxygens (including phenoxy) is 2. The van der Waals surface area contributed by atoms with Crippen molar-refractivity contribution in [1.29, 1.82) is 0 Å². The Morgan fingerprint density at radius 3 is 2.58 bits per heavy atom. The number of hydrogen-bond acceptors (Lipinski definition) is 4. The normalized spacial score (nSPS) is 11.7. The standard InChI is InChI=1S/C20H22N2O3S/c1-4-22-19-16(25-5-2)7-6-8-17(19)26-20(22)21-18(23)13-14-9-11-15(24-3)12-10-14/h6-12H,4-5,13H2,1-3H3. The summed E-state index contributed by atoms with van der Waals surface area (Å²) in [5.41, 5.74) is 1.91. The Morgan fingerprint density at radius 2 is 1.92 bits per heavy atom. The number of fused-ring (bicyclic) bond motifs is 1. The minimum Gasteiger partial charge on any atom is -0.497 e. The molecule has 0 fully saturated rings. The molecule has 0 N–H and O–H groups in total. The molecule has 1 amide bonds. The molecule has 0 bridgehead atoms. The fourth-order valence-corrected chi connectivity index (χ4v) is 3.94. The molecule has 0 radical (unpaired) electrons. The summed E-state index contributed by atoms with van der Waals surface area (Å²) >= 11 is 1.51. The van der Waals surface area contributed by atoms with Crippen molar-refractivity contribution in [1.82, 2.24) is 4.57 Å². The molecule has 136 valence electrons. The molecule has 26 heavy (non-hydrogen) atoms. The second-order valence-electron chi connectivity index (χ2n) is 5.70. The monoisotopic (exact) mass is 370 g/mol. The van der Waals surface area contributed by atoms with Crippen LogP contribution in [-0.2, 0) is 17.8 Å². The van der Waals surface area contributed by atoms with Crippen molar-refractivity contribution < 1.29 is 14.3 Å². The lowest BCUT2D eigenvalue weighted by molar-refractivity contribution is -0.117. The van der Waals surface area contributed by atoms with Gasteiger partial charge in [-0.25, -0.2) is 0 Å². The fraction of sp³-hybridized carbons (Fsp3) is 0.300. The molecule has 1 heterocycles. The van der Waals surface area contributed by atoms with Gasteiger partial charge in [-0.3, -0.25) is 4.79 Å². The summed E-state index contributed by atoms with van der Waals surface area (Å²) in [6.45, 7) is 5.33. The summed E-state index contributed by atoms with van der Waals surface area (Å²) in [5.74, 6) is 1.43. The van der Waals surface area contributed by atoms with Crippen LogP contribution in [0.3, 0.4) is 0 Å². The number of carbonyl (C=O) groups excluding carboxylic acids is 1. The molecule has 0 saturated heterocycles. The van der Waals surface area contributed by atoms with Crippen molar-refractivity contribution in [3.63, 3.8) is 0 Å². The number of nitrogens with zero attached hydrogens (tertiary/aromatic N) is 2. The van der Waals surface area contributed by atoms with Crippen LogP contribution in [0.5, 0.6) is 11.5 Å². The van der Waals surface area contributed by atoms with E-state index in [0.717, 1.165) is 33.8 Å². The van der Waals surface area contributed by atoms with E-state index in [1.807, 2.05) is 60.9 Å². The molecule has 2 aromatic carbocycles. The fourth-order valence-electron chi connectivity index (χ4n) is 2.81. The highest BCUT2D eigenvalue weighted by Crippen LogP contribution is 2.27. The van der Waals surface area contributed by atoms with E-state index in [1.54, 1.807) is 7.11 Å². The number of thiazole rings is 1. The molecule has 3 rings (SSSR count).